The Morgan fingerprint density at radius 3 is 1.67 bits per heavy atom. The van der Waals surface area contributed by atoms with E-state index in [1.54, 1.807) is 0 Å². The number of nitrogens with one attached hydrogen (secondary N) is 1. The van der Waals surface area contributed by atoms with Crippen LogP contribution in [0.1, 0.15) is 11.1 Å². The Morgan fingerprint density at radius 2 is 1.15 bits per heavy atom. The first-order chi connectivity index (χ1) is 15.0. The van der Waals surface area contributed by atoms with E-state index in [4.69, 9.17) is 0 Å². The Balaban J connectivity index is 0.000000191. The third kappa shape index (κ3) is 3.71. The monoisotopic (exact) mass is 490 g/mol. The normalized spacial score (nSPS) is 16.3. The summed E-state index contributed by atoms with van der Waals surface area (Å²) in [5.74, 6) is -10.2. The SMILES string of the molecule is Fc1c(F)c(F)c2c(c1F)NC(F)(F)C(F)(F)N2F.[Si].c1ccc2c(c1)Cc1ccccc1-2. The van der Waals surface area contributed by atoms with Crippen LogP contribution in [0.2, 0.25) is 0 Å². The highest BCUT2D eigenvalue weighted by Gasteiger charge is 2.67. The quantitative estimate of drug-likeness (QED) is 0.0764. The van der Waals surface area contributed by atoms with Gasteiger partial charge in [0.15, 0.2) is 23.3 Å². The lowest BCUT2D eigenvalue weighted by Crippen LogP contribution is -2.59. The van der Waals surface area contributed by atoms with Gasteiger partial charge in [0, 0.05) is 11.0 Å². The van der Waals surface area contributed by atoms with Gasteiger partial charge in [0.05, 0.1) is 0 Å². The molecule has 1 aliphatic carbocycles. The van der Waals surface area contributed by atoms with Crippen molar-refractivity contribution < 1.29 is 39.6 Å². The maximum Gasteiger partial charge on any atom is 0.434 e. The summed E-state index contributed by atoms with van der Waals surface area (Å²) in [5, 5.41) is -1.71. The molecule has 33 heavy (non-hydrogen) atoms. The summed E-state index contributed by atoms with van der Waals surface area (Å²) in [4.78, 5) is 0. The van der Waals surface area contributed by atoms with Gasteiger partial charge >= 0.3 is 12.1 Å². The van der Waals surface area contributed by atoms with E-state index in [1.807, 2.05) is 0 Å². The average Bonchev–Trinajstić information content (AvgIpc) is 3.14. The molecule has 1 heterocycles. The van der Waals surface area contributed by atoms with Crippen molar-refractivity contribution in [3.8, 4) is 11.1 Å². The molecule has 0 saturated carbocycles. The van der Waals surface area contributed by atoms with Gasteiger partial charge in [-0.3, -0.25) is 0 Å². The Bertz CT molecular complexity index is 1170. The summed E-state index contributed by atoms with van der Waals surface area (Å²) < 4.78 is 116. The maximum absolute atomic E-state index is 13.1. The number of fused-ring (bicyclic) bond motifs is 4. The second-order valence-corrected chi connectivity index (χ2v) is 6.99. The van der Waals surface area contributed by atoms with E-state index in [9.17, 15) is 39.6 Å². The molecule has 3 aromatic rings. The van der Waals surface area contributed by atoms with Crippen LogP contribution in [0.15, 0.2) is 48.5 Å². The predicted octanol–water partition coefficient (Wildman–Crippen LogP) is 6.42. The van der Waals surface area contributed by atoms with E-state index in [1.165, 1.54) is 22.3 Å². The molecular formula is C21H11F9N2Si. The molecule has 0 saturated heterocycles. The van der Waals surface area contributed by atoms with Gasteiger partial charge in [0.25, 0.3) is 0 Å². The molecule has 0 aromatic heterocycles. The van der Waals surface area contributed by atoms with Crippen molar-refractivity contribution in [1.82, 2.24) is 0 Å². The zero-order valence-electron chi connectivity index (χ0n) is 16.2. The fraction of sp³-hybridized carbons (Fsp3) is 0.143. The molecular weight excluding hydrogens is 479 g/mol. The van der Waals surface area contributed by atoms with Gasteiger partial charge in [-0.05, 0) is 28.7 Å². The molecule has 3 aromatic carbocycles. The lowest BCUT2D eigenvalue weighted by Gasteiger charge is -2.37. The van der Waals surface area contributed by atoms with Gasteiger partial charge in [-0.1, -0.05) is 53.0 Å². The number of benzene rings is 3. The van der Waals surface area contributed by atoms with Crippen molar-refractivity contribution >= 4 is 22.3 Å². The first kappa shape index (κ1) is 24.5. The number of hydrogen-bond acceptors (Lipinski definition) is 2. The van der Waals surface area contributed by atoms with Crippen LogP contribution in [0.25, 0.3) is 11.1 Å². The van der Waals surface area contributed by atoms with Gasteiger partial charge < -0.3 is 5.32 Å². The van der Waals surface area contributed by atoms with Crippen molar-refractivity contribution in [3.63, 3.8) is 0 Å². The van der Waals surface area contributed by atoms with Crippen LogP contribution in [-0.2, 0) is 6.42 Å². The fourth-order valence-corrected chi connectivity index (χ4v) is 3.49. The van der Waals surface area contributed by atoms with Crippen LogP contribution >= 0.6 is 0 Å². The number of rotatable bonds is 0. The van der Waals surface area contributed by atoms with Crippen molar-refractivity contribution in [3.05, 3.63) is 82.9 Å². The average molecular weight is 490 g/mol. The summed E-state index contributed by atoms with van der Waals surface area (Å²) in [6.07, 6.45) is 1.10. The number of anilines is 2. The second-order valence-electron chi connectivity index (χ2n) is 6.99. The summed E-state index contributed by atoms with van der Waals surface area (Å²) >= 11 is 0. The van der Waals surface area contributed by atoms with E-state index in [0.717, 1.165) is 6.42 Å². The summed E-state index contributed by atoms with van der Waals surface area (Å²) in [6, 6.07) is 6.31. The maximum atomic E-state index is 13.1. The van der Waals surface area contributed by atoms with E-state index in [0.29, 0.717) is 5.32 Å². The molecule has 12 heteroatoms. The Morgan fingerprint density at radius 1 is 0.697 bits per heavy atom. The molecule has 1 aliphatic heterocycles. The largest absolute Gasteiger partial charge is 0.434 e. The second kappa shape index (κ2) is 8.32. The zero-order chi connectivity index (χ0) is 23.4. The standard InChI is InChI=1S/C13H10.C8HF9N2.Si/c1-3-7-12-10(5-1)9-11-6-2-4-8-13(11)12;9-1-2(10)4(12)6-5(3(1)11)18-7(13,14)8(15,16)19(6)17;/h1-8H,9H2;18H;. The van der Waals surface area contributed by atoms with Gasteiger partial charge in [-0.2, -0.15) is 17.6 Å². The highest BCUT2D eigenvalue weighted by Crippen LogP contribution is 2.50. The highest BCUT2D eigenvalue weighted by atomic mass is 28.1. The van der Waals surface area contributed by atoms with Crippen LogP contribution in [-0.4, -0.2) is 23.1 Å². The van der Waals surface area contributed by atoms with Crippen LogP contribution in [0.3, 0.4) is 0 Å². The van der Waals surface area contributed by atoms with E-state index in [2.05, 4.69) is 48.5 Å². The third-order valence-electron chi connectivity index (χ3n) is 5.05. The minimum Gasteiger partial charge on any atom is -0.315 e. The van der Waals surface area contributed by atoms with E-state index >= 15 is 0 Å². The molecule has 0 spiro atoms. The van der Waals surface area contributed by atoms with Crippen LogP contribution in [0, 0.1) is 23.3 Å². The minimum atomic E-state index is -5.63. The Kier molecular flexibility index (Phi) is 6.18. The molecule has 0 bridgehead atoms. The van der Waals surface area contributed by atoms with E-state index < -0.39 is 51.9 Å². The predicted molar refractivity (Wildman–Crippen MR) is 104 cm³/mol. The lowest BCUT2D eigenvalue weighted by atomic mass is 10.1. The summed E-state index contributed by atoms with van der Waals surface area (Å²) in [6.45, 7) is 0. The molecule has 0 fully saturated rings. The first-order valence-electron chi connectivity index (χ1n) is 8.99. The molecule has 0 amide bonds. The number of hydrogen-bond donors (Lipinski definition) is 1. The topological polar surface area (TPSA) is 15.3 Å². The minimum absolute atomic E-state index is 0. The Labute approximate surface area is 185 Å². The van der Waals surface area contributed by atoms with Gasteiger partial charge in [0.1, 0.15) is 11.4 Å². The summed E-state index contributed by atoms with van der Waals surface area (Å²) in [7, 11) is 0. The van der Waals surface area contributed by atoms with Crippen molar-refractivity contribution in [2.24, 2.45) is 0 Å². The fourth-order valence-electron chi connectivity index (χ4n) is 3.49. The highest BCUT2D eigenvalue weighted by molar-refractivity contribution is 5.76. The van der Waals surface area contributed by atoms with Gasteiger partial charge in [0.2, 0.25) is 0 Å². The Hall–Kier alpha value is -3.15. The molecule has 0 atom stereocenters. The molecule has 2 nitrogen and oxygen atoms in total. The van der Waals surface area contributed by atoms with Crippen molar-refractivity contribution in [1.29, 1.82) is 0 Å². The van der Waals surface area contributed by atoms with Crippen molar-refractivity contribution in [2.75, 3.05) is 10.4 Å². The van der Waals surface area contributed by atoms with Crippen molar-refractivity contribution in [2.45, 2.75) is 18.5 Å². The van der Waals surface area contributed by atoms with Gasteiger partial charge in [-0.15, -0.1) is 5.12 Å². The first-order valence-corrected chi connectivity index (χ1v) is 8.99. The molecule has 1 N–H and O–H groups in total. The third-order valence-corrected chi connectivity index (χ3v) is 5.05. The summed E-state index contributed by atoms with van der Waals surface area (Å²) in [5.41, 5.74) is 1.62. The van der Waals surface area contributed by atoms with Crippen LogP contribution in [0.5, 0.6) is 0 Å². The van der Waals surface area contributed by atoms with E-state index in [-0.39, 0.29) is 11.0 Å². The number of alkyl halides is 4. The lowest BCUT2D eigenvalue weighted by molar-refractivity contribution is -0.212. The molecule has 172 valence electrons. The molecule has 2 aliphatic rings. The zero-order valence-corrected chi connectivity index (χ0v) is 17.2. The molecule has 5 rings (SSSR count). The van der Waals surface area contributed by atoms with Crippen LogP contribution in [0.4, 0.5) is 51.0 Å². The molecule has 4 radical (unpaired) electrons. The molecule has 0 unspecified atom stereocenters. The number of halogens is 9. The number of nitrogens with zero attached hydrogens (tertiary/aromatic N) is 1. The van der Waals surface area contributed by atoms with Gasteiger partial charge in [-0.25, -0.2) is 17.6 Å². The van der Waals surface area contributed by atoms with Crippen LogP contribution < -0.4 is 10.4 Å². The smallest absolute Gasteiger partial charge is 0.315 e.